The first-order valence-electron chi connectivity index (χ1n) is 6.96. The third kappa shape index (κ3) is 3.93. The highest BCUT2D eigenvalue weighted by Gasteiger charge is 2.11. The van der Waals surface area contributed by atoms with E-state index in [1.807, 2.05) is 38.2 Å². The van der Waals surface area contributed by atoms with Gasteiger partial charge in [-0.3, -0.25) is 0 Å². The predicted molar refractivity (Wildman–Crippen MR) is 85.1 cm³/mol. The van der Waals surface area contributed by atoms with Crippen LogP contribution in [0.1, 0.15) is 36.6 Å². The number of hydrogen-bond acceptors (Lipinski definition) is 4. The lowest BCUT2D eigenvalue weighted by molar-refractivity contribution is 0.449. The van der Waals surface area contributed by atoms with Gasteiger partial charge >= 0.3 is 0 Å². The van der Waals surface area contributed by atoms with Crippen molar-refractivity contribution in [2.24, 2.45) is 0 Å². The molecular weight excluding hydrogens is 286 g/mol. The van der Waals surface area contributed by atoms with Crippen molar-refractivity contribution in [2.75, 3.05) is 7.05 Å². The van der Waals surface area contributed by atoms with Gasteiger partial charge < -0.3 is 10.1 Å². The number of rotatable bonds is 5. The predicted octanol–water partition coefficient (Wildman–Crippen LogP) is 4.07. The first kappa shape index (κ1) is 15.7. The Labute approximate surface area is 130 Å². The molecule has 2 rings (SSSR count). The molecule has 0 aliphatic rings. The lowest BCUT2D eigenvalue weighted by Crippen LogP contribution is -2.07. The molecule has 0 saturated heterocycles. The summed E-state index contributed by atoms with van der Waals surface area (Å²) in [7, 11) is 1.87. The van der Waals surface area contributed by atoms with Gasteiger partial charge in [0.05, 0.1) is 5.69 Å². The van der Waals surface area contributed by atoms with Crippen molar-refractivity contribution < 1.29 is 4.74 Å². The largest absolute Gasteiger partial charge is 0.437 e. The number of aryl methyl sites for hydroxylation is 1. The van der Waals surface area contributed by atoms with E-state index in [9.17, 15) is 0 Å². The quantitative estimate of drug-likeness (QED) is 0.904. The van der Waals surface area contributed by atoms with Gasteiger partial charge in [-0.05, 0) is 49.2 Å². The van der Waals surface area contributed by atoms with E-state index in [1.165, 1.54) is 0 Å². The Bertz CT molecular complexity index is 612. The summed E-state index contributed by atoms with van der Waals surface area (Å²) in [5.74, 6) is 1.58. The zero-order valence-electron chi connectivity index (χ0n) is 12.8. The molecule has 1 aromatic heterocycles. The van der Waals surface area contributed by atoms with E-state index in [0.29, 0.717) is 18.3 Å². The highest BCUT2D eigenvalue weighted by Crippen LogP contribution is 2.33. The van der Waals surface area contributed by atoms with Gasteiger partial charge in [-0.15, -0.1) is 5.10 Å². The Kier molecular flexibility index (Phi) is 5.15. The average Bonchev–Trinajstić information content (AvgIpc) is 2.43. The lowest BCUT2D eigenvalue weighted by Gasteiger charge is -2.13. The molecule has 1 heterocycles. The maximum atomic E-state index is 6.26. The van der Waals surface area contributed by atoms with Crippen molar-refractivity contribution in [3.05, 3.63) is 46.1 Å². The van der Waals surface area contributed by atoms with Crippen LogP contribution in [0, 0.1) is 6.92 Å². The number of benzene rings is 1. The highest BCUT2D eigenvalue weighted by molar-refractivity contribution is 6.31. The SMILES string of the molecule is CNCc1ccc(Oc2cc(C(C)C)c(Cl)cc2C)nn1. The van der Waals surface area contributed by atoms with Gasteiger partial charge in [-0.2, -0.15) is 5.10 Å². The van der Waals surface area contributed by atoms with Crippen molar-refractivity contribution in [1.29, 1.82) is 0 Å². The van der Waals surface area contributed by atoms with E-state index in [2.05, 4.69) is 29.4 Å². The molecule has 0 unspecified atom stereocenters. The van der Waals surface area contributed by atoms with Gasteiger partial charge in [0.25, 0.3) is 0 Å². The van der Waals surface area contributed by atoms with Crippen LogP contribution < -0.4 is 10.1 Å². The van der Waals surface area contributed by atoms with Crippen molar-refractivity contribution in [3.63, 3.8) is 0 Å². The zero-order chi connectivity index (χ0) is 15.4. The normalized spacial score (nSPS) is 11.0. The van der Waals surface area contributed by atoms with Crippen molar-refractivity contribution in [3.8, 4) is 11.6 Å². The molecule has 4 nitrogen and oxygen atoms in total. The first-order chi connectivity index (χ1) is 10.0. The van der Waals surface area contributed by atoms with Crippen LogP contribution in [0.3, 0.4) is 0 Å². The molecule has 0 aliphatic carbocycles. The Balaban J connectivity index is 2.24. The Hall–Kier alpha value is -1.65. The number of ether oxygens (including phenoxy) is 1. The topological polar surface area (TPSA) is 47.0 Å². The van der Waals surface area contributed by atoms with Crippen molar-refractivity contribution in [1.82, 2.24) is 15.5 Å². The summed E-state index contributed by atoms with van der Waals surface area (Å²) >= 11 is 6.26. The van der Waals surface area contributed by atoms with Crippen molar-refractivity contribution >= 4 is 11.6 Å². The van der Waals surface area contributed by atoms with E-state index in [0.717, 1.165) is 27.6 Å². The smallest absolute Gasteiger partial charge is 0.238 e. The van der Waals surface area contributed by atoms with Crippen LogP contribution in [0.4, 0.5) is 0 Å². The summed E-state index contributed by atoms with van der Waals surface area (Å²) in [5, 5.41) is 12.0. The van der Waals surface area contributed by atoms with Gasteiger partial charge in [0, 0.05) is 17.6 Å². The molecule has 0 aliphatic heterocycles. The standard InChI is InChI=1S/C16H20ClN3O/c1-10(2)13-8-15(11(3)7-14(13)17)21-16-6-5-12(9-18-4)19-20-16/h5-8,10,18H,9H2,1-4H3. The van der Waals surface area contributed by atoms with E-state index in [4.69, 9.17) is 16.3 Å². The van der Waals surface area contributed by atoms with E-state index < -0.39 is 0 Å². The summed E-state index contributed by atoms with van der Waals surface area (Å²) in [6, 6.07) is 7.62. The van der Waals surface area contributed by atoms with Gasteiger partial charge in [-0.1, -0.05) is 25.4 Å². The maximum Gasteiger partial charge on any atom is 0.238 e. The first-order valence-corrected chi connectivity index (χ1v) is 7.34. The van der Waals surface area contributed by atoms with E-state index in [-0.39, 0.29) is 0 Å². The molecule has 0 fully saturated rings. The molecule has 0 atom stereocenters. The molecule has 0 saturated carbocycles. The van der Waals surface area contributed by atoms with Gasteiger partial charge in [0.2, 0.25) is 5.88 Å². The summed E-state index contributed by atoms with van der Waals surface area (Å²) in [6.07, 6.45) is 0. The summed E-state index contributed by atoms with van der Waals surface area (Å²) < 4.78 is 5.84. The Morgan fingerprint density at radius 3 is 2.57 bits per heavy atom. The molecule has 5 heteroatoms. The van der Waals surface area contributed by atoms with Crippen LogP contribution >= 0.6 is 11.6 Å². The molecule has 0 amide bonds. The number of nitrogens with zero attached hydrogens (tertiary/aromatic N) is 2. The number of aromatic nitrogens is 2. The molecule has 1 aromatic carbocycles. The molecule has 1 N–H and O–H groups in total. The fourth-order valence-corrected chi connectivity index (χ4v) is 2.45. The zero-order valence-corrected chi connectivity index (χ0v) is 13.5. The second-order valence-corrected chi connectivity index (χ2v) is 5.70. The number of halogens is 1. The Morgan fingerprint density at radius 1 is 1.24 bits per heavy atom. The van der Waals surface area contributed by atoms with Gasteiger partial charge in [0.1, 0.15) is 5.75 Å². The molecule has 2 aromatic rings. The van der Waals surface area contributed by atoms with Gasteiger partial charge in [-0.25, -0.2) is 0 Å². The van der Waals surface area contributed by atoms with Crippen LogP contribution in [-0.2, 0) is 6.54 Å². The van der Waals surface area contributed by atoms with Crippen molar-refractivity contribution in [2.45, 2.75) is 33.2 Å². The average molecular weight is 306 g/mol. The molecule has 0 spiro atoms. The fourth-order valence-electron chi connectivity index (χ4n) is 2.01. The molecular formula is C16H20ClN3O. The Morgan fingerprint density at radius 2 is 2.00 bits per heavy atom. The van der Waals surface area contributed by atoms with Crippen LogP contribution in [0.2, 0.25) is 5.02 Å². The van der Waals surface area contributed by atoms with E-state index >= 15 is 0 Å². The summed E-state index contributed by atoms with van der Waals surface area (Å²) in [5.41, 5.74) is 2.92. The minimum atomic E-state index is 0.338. The molecule has 112 valence electrons. The minimum Gasteiger partial charge on any atom is -0.437 e. The molecule has 21 heavy (non-hydrogen) atoms. The molecule has 0 bridgehead atoms. The highest BCUT2D eigenvalue weighted by atomic mass is 35.5. The maximum absolute atomic E-state index is 6.26. The lowest BCUT2D eigenvalue weighted by atomic mass is 10.0. The van der Waals surface area contributed by atoms with Crippen LogP contribution in [0.25, 0.3) is 0 Å². The third-order valence-corrected chi connectivity index (χ3v) is 3.51. The number of hydrogen-bond donors (Lipinski definition) is 1. The van der Waals surface area contributed by atoms with E-state index in [1.54, 1.807) is 0 Å². The summed E-state index contributed by atoms with van der Waals surface area (Å²) in [6.45, 7) is 6.86. The third-order valence-electron chi connectivity index (χ3n) is 3.18. The van der Waals surface area contributed by atoms with Crippen LogP contribution in [0.15, 0.2) is 24.3 Å². The summed E-state index contributed by atoms with van der Waals surface area (Å²) in [4.78, 5) is 0. The minimum absolute atomic E-state index is 0.338. The second kappa shape index (κ2) is 6.87. The number of nitrogens with one attached hydrogen (secondary N) is 1. The van der Waals surface area contributed by atoms with Gasteiger partial charge in [0.15, 0.2) is 0 Å². The second-order valence-electron chi connectivity index (χ2n) is 5.29. The fraction of sp³-hybridized carbons (Fsp3) is 0.375. The van der Waals surface area contributed by atoms with Crippen LogP contribution in [-0.4, -0.2) is 17.2 Å². The molecule has 0 radical (unpaired) electrons. The van der Waals surface area contributed by atoms with Crippen LogP contribution in [0.5, 0.6) is 11.6 Å². The monoisotopic (exact) mass is 305 g/mol.